The molecule has 198 valence electrons. The Morgan fingerprint density at radius 1 is 0.892 bits per heavy atom. The zero-order valence-electron chi connectivity index (χ0n) is 21.5. The molecular weight excluding hydrogens is 512 g/mol. The van der Waals surface area contributed by atoms with Gasteiger partial charge in [-0.2, -0.15) is 0 Å². The average Bonchev–Trinajstić information content (AvgIpc) is 2.89. The first-order valence-electron chi connectivity index (χ1n) is 11.6. The molecule has 0 amide bonds. The summed E-state index contributed by atoms with van der Waals surface area (Å²) in [6.07, 6.45) is 2.80. The lowest BCUT2D eigenvalue weighted by atomic mass is 9.81. The van der Waals surface area contributed by atoms with Crippen LogP contribution in [0.25, 0.3) is 0 Å². The van der Waals surface area contributed by atoms with Crippen molar-refractivity contribution < 1.29 is 31.7 Å². The van der Waals surface area contributed by atoms with Crippen LogP contribution in [0.2, 0.25) is 0 Å². The second-order valence-electron chi connectivity index (χ2n) is 8.48. The summed E-state index contributed by atoms with van der Waals surface area (Å²) in [5.74, 6) is 4.04. The lowest BCUT2D eigenvalue weighted by molar-refractivity contribution is -0.168. The van der Waals surface area contributed by atoms with Gasteiger partial charge in [-0.1, -0.05) is 47.5 Å². The number of benzene rings is 2. The number of carbonyl (C=O) groups is 2. The molecule has 0 spiro atoms. The minimum absolute atomic E-state index is 0.153. The topological polar surface area (TPSA) is 104 Å². The molecule has 2 aromatic rings. The monoisotopic (exact) mass is 544 g/mol. The second kappa shape index (κ2) is 13.9. The van der Waals surface area contributed by atoms with E-state index in [1.807, 2.05) is 38.1 Å². The van der Waals surface area contributed by atoms with E-state index >= 15 is 0 Å². The number of allylic oxidation sites excluding steroid dienone is 1. The molecule has 0 fully saturated rings. The molecule has 7 nitrogen and oxygen atoms in total. The molecule has 0 saturated heterocycles. The molecule has 0 heterocycles. The largest absolute Gasteiger partial charge is 0.468 e. The predicted molar refractivity (Wildman–Crippen MR) is 143 cm³/mol. The molecular formula is C28H32O7S2. The van der Waals surface area contributed by atoms with Crippen LogP contribution in [0.15, 0.2) is 70.5 Å². The highest BCUT2D eigenvalue weighted by Crippen LogP contribution is 2.31. The number of methoxy groups -OCH3 is 2. The van der Waals surface area contributed by atoms with Crippen molar-refractivity contribution in [1.82, 2.24) is 0 Å². The predicted octanol–water partition coefficient (Wildman–Crippen LogP) is 3.95. The first-order chi connectivity index (χ1) is 17.6. The van der Waals surface area contributed by atoms with Crippen LogP contribution >= 0.6 is 0 Å². The minimum Gasteiger partial charge on any atom is -0.468 e. The van der Waals surface area contributed by atoms with E-state index in [2.05, 4.69) is 11.8 Å². The van der Waals surface area contributed by atoms with Gasteiger partial charge in [0.1, 0.15) is 0 Å². The number of aryl methyl sites for hydroxylation is 2. The van der Waals surface area contributed by atoms with Crippen molar-refractivity contribution >= 4 is 32.6 Å². The third-order valence-electron chi connectivity index (χ3n) is 5.69. The van der Waals surface area contributed by atoms with Gasteiger partial charge in [0, 0.05) is 23.5 Å². The van der Waals surface area contributed by atoms with Crippen molar-refractivity contribution in [3.8, 4) is 11.8 Å². The van der Waals surface area contributed by atoms with Crippen molar-refractivity contribution in [3.05, 3.63) is 71.8 Å². The summed E-state index contributed by atoms with van der Waals surface area (Å²) >= 11 is 0. The van der Waals surface area contributed by atoms with E-state index in [9.17, 15) is 22.2 Å². The maximum Gasteiger partial charge on any atom is 0.324 e. The number of hydrogen-bond acceptors (Lipinski definition) is 7. The Morgan fingerprint density at radius 3 is 1.97 bits per heavy atom. The quantitative estimate of drug-likeness (QED) is 0.183. The Morgan fingerprint density at radius 2 is 1.43 bits per heavy atom. The number of rotatable bonds is 11. The number of ether oxygens (including phenoxy) is 2. The number of carbonyl (C=O) groups excluding carboxylic acids is 2. The maximum atomic E-state index is 12.7. The number of sulfone groups is 1. The SMILES string of the molecule is COC(=O)C(CC#CCCS(=O)c1ccc(C)cc1)(C/C=C/CS(=O)(=O)c1ccc(C)cc1)C(=O)OC. The van der Waals surface area contributed by atoms with Crippen molar-refractivity contribution in [2.45, 2.75) is 42.9 Å². The Kier molecular flexibility index (Phi) is 11.3. The molecule has 2 rings (SSSR count). The van der Waals surface area contributed by atoms with Crippen LogP contribution in [0.5, 0.6) is 0 Å². The van der Waals surface area contributed by atoms with Gasteiger partial charge in [-0.05, 0) is 44.5 Å². The van der Waals surface area contributed by atoms with Gasteiger partial charge < -0.3 is 9.47 Å². The molecule has 0 radical (unpaired) electrons. The van der Waals surface area contributed by atoms with Gasteiger partial charge in [0.2, 0.25) is 0 Å². The van der Waals surface area contributed by atoms with Gasteiger partial charge in [0.15, 0.2) is 15.3 Å². The van der Waals surface area contributed by atoms with E-state index in [0.29, 0.717) is 17.1 Å². The zero-order chi connectivity index (χ0) is 27.5. The molecule has 1 atom stereocenters. The van der Waals surface area contributed by atoms with E-state index in [4.69, 9.17) is 9.47 Å². The third-order valence-corrected chi connectivity index (χ3v) is 8.69. The number of hydrogen-bond donors (Lipinski definition) is 0. The standard InChI is InChI=1S/C28H32O7S2/c1-22-10-14-24(15-11-22)36(31)20-8-5-6-18-28(26(29)34-3,27(30)35-4)19-7-9-21-37(32,33)25-16-12-23(2)13-17-25/h7,9-17H,8,18-21H2,1-4H3/b9-7+. The van der Waals surface area contributed by atoms with Crippen molar-refractivity contribution in [3.63, 3.8) is 0 Å². The average molecular weight is 545 g/mol. The minimum atomic E-state index is -3.58. The molecule has 0 bridgehead atoms. The summed E-state index contributed by atoms with van der Waals surface area (Å²) in [4.78, 5) is 26.2. The molecule has 0 aliphatic carbocycles. The second-order valence-corrected chi connectivity index (χ2v) is 12.1. The van der Waals surface area contributed by atoms with Crippen LogP contribution in [0.3, 0.4) is 0 Å². The molecule has 9 heteroatoms. The van der Waals surface area contributed by atoms with Crippen molar-refractivity contribution in [1.29, 1.82) is 0 Å². The summed E-state index contributed by atoms with van der Waals surface area (Å²) in [6.45, 7) is 3.81. The van der Waals surface area contributed by atoms with Crippen LogP contribution in [-0.2, 0) is 39.7 Å². The normalized spacial score (nSPS) is 12.4. The molecule has 2 aromatic carbocycles. The first kappa shape index (κ1) is 30.0. The fourth-order valence-corrected chi connectivity index (χ4v) is 5.53. The van der Waals surface area contributed by atoms with Crippen molar-refractivity contribution in [2.75, 3.05) is 25.7 Å². The fraction of sp³-hybridized carbons (Fsp3) is 0.357. The van der Waals surface area contributed by atoms with E-state index in [1.165, 1.54) is 24.3 Å². The van der Waals surface area contributed by atoms with Gasteiger partial charge in [-0.15, -0.1) is 11.8 Å². The molecule has 0 aliphatic heterocycles. The van der Waals surface area contributed by atoms with Gasteiger partial charge in [0.25, 0.3) is 0 Å². The summed E-state index contributed by atoms with van der Waals surface area (Å²) < 4.78 is 47.3. The molecule has 0 saturated carbocycles. The summed E-state index contributed by atoms with van der Waals surface area (Å²) in [5, 5.41) is 0. The third kappa shape index (κ3) is 8.41. The highest BCUT2D eigenvalue weighted by Gasteiger charge is 2.47. The van der Waals surface area contributed by atoms with Crippen LogP contribution < -0.4 is 0 Å². The van der Waals surface area contributed by atoms with Crippen LogP contribution in [0.4, 0.5) is 0 Å². The Hall–Kier alpha value is -3.22. The fourth-order valence-electron chi connectivity index (χ4n) is 3.43. The van der Waals surface area contributed by atoms with E-state index in [-0.39, 0.29) is 23.5 Å². The Balaban J connectivity index is 2.11. The summed E-state index contributed by atoms with van der Waals surface area (Å²) in [7, 11) is -2.49. The molecule has 0 aliphatic rings. The van der Waals surface area contributed by atoms with Gasteiger partial charge in [-0.25, -0.2) is 8.42 Å². The van der Waals surface area contributed by atoms with Crippen molar-refractivity contribution in [2.24, 2.45) is 5.41 Å². The molecule has 1 unspecified atom stereocenters. The highest BCUT2D eigenvalue weighted by molar-refractivity contribution is 7.91. The molecule has 0 aromatic heterocycles. The van der Waals surface area contributed by atoms with Crippen LogP contribution in [0, 0.1) is 31.1 Å². The highest BCUT2D eigenvalue weighted by atomic mass is 32.2. The van der Waals surface area contributed by atoms with E-state index < -0.39 is 38.0 Å². The molecule has 0 N–H and O–H groups in total. The molecule has 37 heavy (non-hydrogen) atoms. The first-order valence-corrected chi connectivity index (χ1v) is 14.5. The van der Waals surface area contributed by atoms with Gasteiger partial charge in [0.05, 0.1) is 35.7 Å². The van der Waals surface area contributed by atoms with Gasteiger partial charge in [-0.3, -0.25) is 13.8 Å². The Bertz CT molecular complexity index is 1280. The van der Waals surface area contributed by atoms with Gasteiger partial charge >= 0.3 is 11.9 Å². The Labute approximate surface area is 221 Å². The number of esters is 2. The van der Waals surface area contributed by atoms with E-state index in [0.717, 1.165) is 25.3 Å². The lowest BCUT2D eigenvalue weighted by Crippen LogP contribution is -2.40. The summed E-state index contributed by atoms with van der Waals surface area (Å²) in [5.41, 5.74) is 0.263. The van der Waals surface area contributed by atoms with Crippen LogP contribution in [0.1, 0.15) is 30.4 Å². The zero-order valence-corrected chi connectivity index (χ0v) is 23.1. The lowest BCUT2D eigenvalue weighted by Gasteiger charge is -2.24. The summed E-state index contributed by atoms with van der Waals surface area (Å²) in [6, 6.07) is 13.9. The van der Waals surface area contributed by atoms with E-state index in [1.54, 1.807) is 12.1 Å². The smallest absolute Gasteiger partial charge is 0.324 e. The maximum absolute atomic E-state index is 12.7. The van der Waals surface area contributed by atoms with Crippen LogP contribution in [-0.4, -0.2) is 50.3 Å².